The molecule has 0 fully saturated rings. The number of rotatable bonds is 4. The maximum Gasteiger partial charge on any atom is 0.153 e. The van der Waals surface area contributed by atoms with E-state index in [9.17, 15) is 4.79 Å². The number of hydrogen-bond donors (Lipinski definition) is 0. The number of aldehydes is 1. The third-order valence-corrected chi connectivity index (χ3v) is 2.34. The highest BCUT2D eigenvalue weighted by atomic mass is 35.5. The van der Waals surface area contributed by atoms with Gasteiger partial charge in [-0.1, -0.05) is 18.5 Å². The molecule has 0 aliphatic heterocycles. The van der Waals surface area contributed by atoms with Gasteiger partial charge in [-0.3, -0.25) is 4.79 Å². The fourth-order valence-corrected chi connectivity index (χ4v) is 1.56. The Morgan fingerprint density at radius 3 is 2.64 bits per heavy atom. The minimum Gasteiger partial charge on any atom is -0.493 e. The molecule has 14 heavy (non-hydrogen) atoms. The molecule has 0 amide bonds. The third kappa shape index (κ3) is 2.26. The predicted molar refractivity (Wildman–Crippen MR) is 57.4 cm³/mol. The van der Waals surface area contributed by atoms with Crippen LogP contribution in [0.25, 0.3) is 0 Å². The maximum atomic E-state index is 10.7. The summed E-state index contributed by atoms with van der Waals surface area (Å²) in [6.07, 6.45) is 1.59. The first-order valence-electron chi connectivity index (χ1n) is 4.63. The number of halogens is 1. The lowest BCUT2D eigenvalue weighted by atomic mass is 10.1. The van der Waals surface area contributed by atoms with Gasteiger partial charge < -0.3 is 4.74 Å². The van der Waals surface area contributed by atoms with Crippen molar-refractivity contribution in [1.82, 2.24) is 0 Å². The largest absolute Gasteiger partial charge is 0.493 e. The number of carbonyl (C=O) groups excluding carboxylic acids is 1. The smallest absolute Gasteiger partial charge is 0.153 e. The third-order valence-electron chi connectivity index (χ3n) is 1.99. The lowest BCUT2D eigenvalue weighted by molar-refractivity contribution is 0.112. The molecule has 0 spiro atoms. The van der Waals surface area contributed by atoms with Crippen molar-refractivity contribution in [2.75, 3.05) is 6.61 Å². The van der Waals surface area contributed by atoms with Crippen LogP contribution in [0.15, 0.2) is 12.1 Å². The summed E-state index contributed by atoms with van der Waals surface area (Å²) in [5.74, 6) is 0.615. The van der Waals surface area contributed by atoms with Gasteiger partial charge in [-0.25, -0.2) is 0 Å². The van der Waals surface area contributed by atoms with Crippen LogP contribution in [0.4, 0.5) is 0 Å². The molecular weight excluding hydrogens is 200 g/mol. The van der Waals surface area contributed by atoms with Gasteiger partial charge in [-0.05, 0) is 31.0 Å². The molecule has 2 nitrogen and oxygen atoms in total. The van der Waals surface area contributed by atoms with E-state index in [4.69, 9.17) is 16.3 Å². The predicted octanol–water partition coefficient (Wildman–Crippen LogP) is 3.11. The van der Waals surface area contributed by atoms with Crippen molar-refractivity contribution >= 4 is 17.9 Å². The highest BCUT2D eigenvalue weighted by molar-refractivity contribution is 6.31. The van der Waals surface area contributed by atoms with Crippen molar-refractivity contribution < 1.29 is 9.53 Å². The summed E-state index contributed by atoms with van der Waals surface area (Å²) in [6, 6.07) is 3.48. The van der Waals surface area contributed by atoms with Crippen LogP contribution < -0.4 is 4.74 Å². The lowest BCUT2D eigenvalue weighted by Crippen LogP contribution is -1.97. The number of carbonyl (C=O) groups is 1. The van der Waals surface area contributed by atoms with E-state index < -0.39 is 0 Å². The van der Waals surface area contributed by atoms with E-state index in [1.165, 1.54) is 0 Å². The molecule has 0 aromatic heterocycles. The van der Waals surface area contributed by atoms with Gasteiger partial charge in [0.1, 0.15) is 5.75 Å². The number of hydrogen-bond acceptors (Lipinski definition) is 2. The average molecular weight is 213 g/mol. The van der Waals surface area contributed by atoms with Gasteiger partial charge in [0.05, 0.1) is 12.2 Å². The molecule has 0 N–H and O–H groups in total. The molecule has 1 aromatic rings. The van der Waals surface area contributed by atoms with Crippen molar-refractivity contribution in [3.05, 3.63) is 28.3 Å². The first-order valence-corrected chi connectivity index (χ1v) is 5.01. The Morgan fingerprint density at radius 2 is 2.14 bits per heavy atom. The fourth-order valence-electron chi connectivity index (χ4n) is 1.25. The molecule has 0 atom stereocenters. The zero-order valence-electron chi connectivity index (χ0n) is 8.34. The number of ether oxygens (including phenoxy) is 1. The van der Waals surface area contributed by atoms with Crippen LogP contribution in [0.5, 0.6) is 5.75 Å². The van der Waals surface area contributed by atoms with E-state index >= 15 is 0 Å². The quantitative estimate of drug-likeness (QED) is 0.717. The highest BCUT2D eigenvalue weighted by Gasteiger charge is 2.07. The Kier molecular flexibility index (Phi) is 3.96. The van der Waals surface area contributed by atoms with Crippen LogP contribution >= 0.6 is 11.6 Å². The fraction of sp³-hybridized carbons (Fsp3) is 0.364. The zero-order chi connectivity index (χ0) is 10.6. The first-order chi connectivity index (χ1) is 6.72. The number of benzene rings is 1. The average Bonchev–Trinajstić information content (AvgIpc) is 2.20. The standard InChI is InChI=1S/C11H13ClO2/c1-3-8-6-11(14-4-2)9(7-13)5-10(8)12/h5-7H,3-4H2,1-2H3. The summed E-state index contributed by atoms with van der Waals surface area (Å²) in [6.45, 7) is 4.44. The van der Waals surface area contributed by atoms with Gasteiger partial charge >= 0.3 is 0 Å². The van der Waals surface area contributed by atoms with Crippen LogP contribution in [0.1, 0.15) is 29.8 Å². The van der Waals surface area contributed by atoms with Crippen molar-refractivity contribution in [3.8, 4) is 5.75 Å². The van der Waals surface area contributed by atoms with Crippen molar-refractivity contribution in [2.45, 2.75) is 20.3 Å². The zero-order valence-corrected chi connectivity index (χ0v) is 9.10. The van der Waals surface area contributed by atoms with E-state index in [0.717, 1.165) is 18.3 Å². The lowest BCUT2D eigenvalue weighted by Gasteiger charge is -2.09. The monoisotopic (exact) mass is 212 g/mol. The topological polar surface area (TPSA) is 26.3 Å². The van der Waals surface area contributed by atoms with Gasteiger partial charge in [0.2, 0.25) is 0 Å². The Balaban J connectivity index is 3.17. The van der Waals surface area contributed by atoms with Gasteiger partial charge in [0.15, 0.2) is 6.29 Å². The van der Waals surface area contributed by atoms with E-state index in [1.807, 2.05) is 19.9 Å². The van der Waals surface area contributed by atoms with Gasteiger partial charge in [-0.15, -0.1) is 0 Å². The second-order valence-electron chi connectivity index (χ2n) is 2.89. The number of aryl methyl sites for hydroxylation is 1. The Bertz CT molecular complexity index is 334. The van der Waals surface area contributed by atoms with Crippen LogP contribution in [0.3, 0.4) is 0 Å². The van der Waals surface area contributed by atoms with Crippen LogP contribution in [-0.4, -0.2) is 12.9 Å². The summed E-state index contributed by atoms with van der Waals surface area (Å²) in [7, 11) is 0. The van der Waals surface area contributed by atoms with E-state index in [2.05, 4.69) is 0 Å². The minimum atomic E-state index is 0.508. The van der Waals surface area contributed by atoms with Gasteiger partial charge in [0, 0.05) is 5.02 Å². The molecular formula is C11H13ClO2. The van der Waals surface area contributed by atoms with E-state index in [-0.39, 0.29) is 0 Å². The van der Waals surface area contributed by atoms with Crippen LogP contribution in [0.2, 0.25) is 5.02 Å². The summed E-state index contributed by atoms with van der Waals surface area (Å²) in [5, 5.41) is 0.623. The minimum absolute atomic E-state index is 0.508. The normalized spacial score (nSPS) is 9.93. The molecule has 1 rings (SSSR count). The molecule has 0 aliphatic rings. The van der Waals surface area contributed by atoms with Crippen LogP contribution in [-0.2, 0) is 6.42 Å². The van der Waals surface area contributed by atoms with Gasteiger partial charge in [-0.2, -0.15) is 0 Å². The molecule has 0 aliphatic carbocycles. The first kappa shape index (κ1) is 11.1. The van der Waals surface area contributed by atoms with Crippen molar-refractivity contribution in [1.29, 1.82) is 0 Å². The van der Waals surface area contributed by atoms with E-state index in [1.54, 1.807) is 6.07 Å². The second kappa shape index (κ2) is 5.01. The molecule has 0 saturated carbocycles. The molecule has 3 heteroatoms. The highest BCUT2D eigenvalue weighted by Crippen LogP contribution is 2.26. The molecule has 0 saturated heterocycles. The maximum absolute atomic E-state index is 10.7. The Morgan fingerprint density at radius 1 is 1.43 bits per heavy atom. The molecule has 0 heterocycles. The molecule has 76 valence electrons. The second-order valence-corrected chi connectivity index (χ2v) is 3.29. The van der Waals surface area contributed by atoms with Crippen molar-refractivity contribution in [2.24, 2.45) is 0 Å². The van der Waals surface area contributed by atoms with Crippen molar-refractivity contribution in [3.63, 3.8) is 0 Å². The van der Waals surface area contributed by atoms with Crippen LogP contribution in [0, 0.1) is 0 Å². The van der Waals surface area contributed by atoms with Gasteiger partial charge in [0.25, 0.3) is 0 Å². The summed E-state index contributed by atoms with van der Waals surface area (Å²) >= 11 is 5.97. The SMILES string of the molecule is CCOc1cc(CC)c(Cl)cc1C=O. The molecule has 1 aromatic carbocycles. The summed E-state index contributed by atoms with van der Waals surface area (Å²) < 4.78 is 5.34. The summed E-state index contributed by atoms with van der Waals surface area (Å²) in [5.41, 5.74) is 1.51. The Labute approximate surface area is 88.8 Å². The molecule has 0 radical (unpaired) electrons. The van der Waals surface area contributed by atoms with E-state index in [0.29, 0.717) is 22.9 Å². The molecule has 0 unspecified atom stereocenters. The Hall–Kier alpha value is -1.02. The summed E-state index contributed by atoms with van der Waals surface area (Å²) in [4.78, 5) is 10.7. The molecule has 0 bridgehead atoms.